The van der Waals surface area contributed by atoms with Crippen molar-refractivity contribution in [1.82, 2.24) is 0 Å². The first-order valence-electron chi connectivity index (χ1n) is 9.27. The summed E-state index contributed by atoms with van der Waals surface area (Å²) in [5, 5.41) is 2.87. The topological polar surface area (TPSA) is 75.7 Å². The summed E-state index contributed by atoms with van der Waals surface area (Å²) in [6.45, 7) is 8.07. The summed E-state index contributed by atoms with van der Waals surface area (Å²) >= 11 is 0. The molecule has 0 aliphatic heterocycles. The zero-order valence-electron chi connectivity index (χ0n) is 17.0. The number of benzene rings is 2. The fourth-order valence-electron chi connectivity index (χ4n) is 3.09. The van der Waals surface area contributed by atoms with Crippen LogP contribution in [0.3, 0.4) is 0 Å². The van der Waals surface area contributed by atoms with Crippen molar-refractivity contribution in [3.05, 3.63) is 53.6 Å². The summed E-state index contributed by atoms with van der Waals surface area (Å²) in [7, 11) is -3.68. The van der Waals surface area contributed by atoms with E-state index in [0.717, 1.165) is 17.4 Å². The van der Waals surface area contributed by atoms with Crippen LogP contribution in [0.15, 0.2) is 42.5 Å². The van der Waals surface area contributed by atoms with Crippen LogP contribution in [0.25, 0.3) is 0 Å². The molecule has 0 radical (unpaired) electrons. The van der Waals surface area contributed by atoms with E-state index < -0.39 is 16.1 Å². The maximum Gasteiger partial charge on any atom is 0.248 e. The lowest BCUT2D eigenvalue weighted by Crippen LogP contribution is -2.47. The summed E-state index contributed by atoms with van der Waals surface area (Å²) in [5.74, 6) is 0.279. The predicted molar refractivity (Wildman–Crippen MR) is 114 cm³/mol. The van der Waals surface area contributed by atoms with Gasteiger partial charge in [-0.15, -0.1) is 0 Å². The summed E-state index contributed by atoms with van der Waals surface area (Å²) in [6.07, 6.45) is 1.44. The SMILES string of the molecule is CCOc1ccc(N([C@@H](CC)C(=O)Nc2ccc(C)cc2C)S(C)(=O)=O)cc1. The normalized spacial score (nSPS) is 12.3. The highest BCUT2D eigenvalue weighted by Crippen LogP contribution is 2.26. The van der Waals surface area contributed by atoms with Crippen LogP contribution in [0, 0.1) is 13.8 Å². The van der Waals surface area contributed by atoms with Crippen LogP contribution in [-0.2, 0) is 14.8 Å². The van der Waals surface area contributed by atoms with E-state index in [9.17, 15) is 13.2 Å². The molecule has 1 amide bonds. The van der Waals surface area contributed by atoms with Gasteiger partial charge in [-0.05, 0) is 63.1 Å². The van der Waals surface area contributed by atoms with E-state index in [1.54, 1.807) is 31.2 Å². The number of carbonyl (C=O) groups excluding carboxylic acids is 1. The van der Waals surface area contributed by atoms with E-state index in [1.807, 2.05) is 39.0 Å². The number of sulfonamides is 1. The van der Waals surface area contributed by atoms with Crippen LogP contribution in [0.2, 0.25) is 0 Å². The molecule has 1 N–H and O–H groups in total. The third-order valence-electron chi connectivity index (χ3n) is 4.37. The van der Waals surface area contributed by atoms with Gasteiger partial charge in [0, 0.05) is 5.69 Å². The van der Waals surface area contributed by atoms with Crippen molar-refractivity contribution in [1.29, 1.82) is 0 Å². The monoisotopic (exact) mass is 404 g/mol. The number of hydrogen-bond donors (Lipinski definition) is 1. The van der Waals surface area contributed by atoms with Crippen LogP contribution in [-0.4, -0.2) is 33.2 Å². The fourth-order valence-corrected chi connectivity index (χ4v) is 4.30. The van der Waals surface area contributed by atoms with E-state index >= 15 is 0 Å². The molecule has 0 aliphatic carbocycles. The number of nitrogens with zero attached hydrogens (tertiary/aromatic N) is 1. The molecule has 28 heavy (non-hydrogen) atoms. The van der Waals surface area contributed by atoms with Gasteiger partial charge < -0.3 is 10.1 Å². The lowest BCUT2D eigenvalue weighted by molar-refractivity contribution is -0.117. The van der Waals surface area contributed by atoms with Crippen molar-refractivity contribution in [2.75, 3.05) is 22.5 Å². The number of ether oxygens (including phenoxy) is 1. The van der Waals surface area contributed by atoms with E-state index in [0.29, 0.717) is 30.2 Å². The van der Waals surface area contributed by atoms with Crippen LogP contribution in [0.4, 0.5) is 11.4 Å². The number of amides is 1. The van der Waals surface area contributed by atoms with E-state index in [-0.39, 0.29) is 5.91 Å². The first-order chi connectivity index (χ1) is 13.2. The molecular weight excluding hydrogens is 376 g/mol. The fraction of sp³-hybridized carbons (Fsp3) is 0.381. The standard InChI is InChI=1S/C21H28N2O4S/c1-6-20(21(24)22-19-13-8-15(3)14-16(19)4)23(28(5,25)26)17-9-11-18(12-10-17)27-7-2/h8-14,20H,6-7H2,1-5H3,(H,22,24)/t20-/m0/s1. The van der Waals surface area contributed by atoms with Gasteiger partial charge in [0.1, 0.15) is 11.8 Å². The minimum atomic E-state index is -3.68. The van der Waals surface area contributed by atoms with Crippen molar-refractivity contribution in [3.63, 3.8) is 0 Å². The molecule has 2 aromatic rings. The first-order valence-corrected chi connectivity index (χ1v) is 11.1. The number of rotatable bonds is 8. The number of anilines is 2. The third kappa shape index (κ3) is 5.25. The Labute approximate surface area is 167 Å². The van der Waals surface area contributed by atoms with Gasteiger partial charge in [-0.2, -0.15) is 0 Å². The van der Waals surface area contributed by atoms with Crippen LogP contribution in [0.5, 0.6) is 5.75 Å². The highest BCUT2D eigenvalue weighted by molar-refractivity contribution is 7.92. The van der Waals surface area contributed by atoms with Crippen molar-refractivity contribution >= 4 is 27.3 Å². The van der Waals surface area contributed by atoms with Crippen molar-refractivity contribution in [2.45, 2.75) is 40.2 Å². The smallest absolute Gasteiger partial charge is 0.248 e. The molecule has 0 aromatic heterocycles. The van der Waals surface area contributed by atoms with Gasteiger partial charge in [-0.3, -0.25) is 9.10 Å². The number of nitrogens with one attached hydrogen (secondary N) is 1. The molecule has 0 saturated carbocycles. The molecular formula is C21H28N2O4S. The van der Waals surface area contributed by atoms with E-state index in [4.69, 9.17) is 4.74 Å². The Kier molecular flexibility index (Phi) is 7.07. The van der Waals surface area contributed by atoms with Crippen molar-refractivity contribution in [3.8, 4) is 5.75 Å². The number of hydrogen-bond acceptors (Lipinski definition) is 4. The Morgan fingerprint density at radius 1 is 1.11 bits per heavy atom. The molecule has 2 aromatic carbocycles. The summed E-state index contributed by atoms with van der Waals surface area (Å²) in [6, 6.07) is 11.5. The van der Waals surface area contributed by atoms with Gasteiger partial charge in [-0.1, -0.05) is 24.6 Å². The number of aryl methyl sites for hydroxylation is 2. The molecule has 0 fully saturated rings. The molecule has 1 atom stereocenters. The highest BCUT2D eigenvalue weighted by atomic mass is 32.2. The van der Waals surface area contributed by atoms with Crippen LogP contribution >= 0.6 is 0 Å². The van der Waals surface area contributed by atoms with Crippen molar-refractivity contribution < 1.29 is 17.9 Å². The lowest BCUT2D eigenvalue weighted by Gasteiger charge is -2.30. The Balaban J connectivity index is 2.35. The molecule has 152 valence electrons. The second-order valence-electron chi connectivity index (χ2n) is 6.72. The number of carbonyl (C=O) groups is 1. The lowest BCUT2D eigenvalue weighted by atomic mass is 10.1. The zero-order valence-corrected chi connectivity index (χ0v) is 17.8. The molecule has 2 rings (SSSR count). The predicted octanol–water partition coefficient (Wildman–Crippen LogP) is 3.89. The molecule has 6 nitrogen and oxygen atoms in total. The van der Waals surface area contributed by atoms with Gasteiger partial charge >= 0.3 is 0 Å². The van der Waals surface area contributed by atoms with Gasteiger partial charge in [0.15, 0.2) is 0 Å². The molecule has 0 aliphatic rings. The average Bonchev–Trinajstić information content (AvgIpc) is 2.62. The Bertz CT molecular complexity index is 924. The molecule has 0 bridgehead atoms. The molecule has 0 saturated heterocycles. The maximum atomic E-state index is 13.0. The molecule has 7 heteroatoms. The van der Waals surface area contributed by atoms with E-state index in [2.05, 4.69) is 5.32 Å². The van der Waals surface area contributed by atoms with E-state index in [1.165, 1.54) is 4.31 Å². The summed E-state index contributed by atoms with van der Waals surface area (Å²) in [4.78, 5) is 13.0. The molecule has 0 heterocycles. The highest BCUT2D eigenvalue weighted by Gasteiger charge is 2.31. The Morgan fingerprint density at radius 2 is 1.75 bits per heavy atom. The van der Waals surface area contributed by atoms with Crippen LogP contribution in [0.1, 0.15) is 31.4 Å². The van der Waals surface area contributed by atoms with Gasteiger partial charge in [0.05, 0.1) is 18.6 Å². The third-order valence-corrected chi connectivity index (χ3v) is 5.55. The zero-order chi connectivity index (χ0) is 20.9. The second-order valence-corrected chi connectivity index (χ2v) is 8.58. The first kappa shape index (κ1) is 21.8. The molecule has 0 spiro atoms. The van der Waals surface area contributed by atoms with Crippen LogP contribution < -0.4 is 14.4 Å². The Morgan fingerprint density at radius 3 is 2.25 bits per heavy atom. The minimum absolute atomic E-state index is 0.330. The summed E-state index contributed by atoms with van der Waals surface area (Å²) < 4.78 is 31.6. The second kappa shape index (κ2) is 9.10. The summed E-state index contributed by atoms with van der Waals surface area (Å²) in [5.41, 5.74) is 3.12. The minimum Gasteiger partial charge on any atom is -0.494 e. The maximum absolute atomic E-state index is 13.0. The molecule has 0 unspecified atom stereocenters. The Hall–Kier alpha value is -2.54. The van der Waals surface area contributed by atoms with Gasteiger partial charge in [0.25, 0.3) is 0 Å². The van der Waals surface area contributed by atoms with Crippen molar-refractivity contribution in [2.24, 2.45) is 0 Å². The average molecular weight is 405 g/mol. The largest absolute Gasteiger partial charge is 0.494 e. The van der Waals surface area contributed by atoms with Gasteiger partial charge in [0.2, 0.25) is 15.9 Å². The van der Waals surface area contributed by atoms with Gasteiger partial charge in [-0.25, -0.2) is 8.42 Å². The quantitative estimate of drug-likeness (QED) is 0.724.